The Labute approximate surface area is 278 Å². The van der Waals surface area contributed by atoms with Crippen molar-refractivity contribution >= 4 is 29.7 Å². The van der Waals surface area contributed by atoms with E-state index in [0.717, 1.165) is 38.9 Å². The average molecular weight is 643 g/mol. The molecule has 0 unspecified atom stereocenters. The number of nitrogens with one attached hydrogen (secondary N) is 2. The zero-order valence-corrected chi connectivity index (χ0v) is 26.4. The highest BCUT2D eigenvalue weighted by Gasteiger charge is 2.38. The second-order valence-electron chi connectivity index (χ2n) is 11.2. The molecule has 1 aliphatic rings. The van der Waals surface area contributed by atoms with Gasteiger partial charge in [0.1, 0.15) is 19.2 Å². The van der Waals surface area contributed by atoms with E-state index >= 15 is 0 Å². The molecule has 2 amide bonds. The Hall–Kier alpha value is -5.34. The Morgan fingerprint density at radius 3 is 1.60 bits per heavy atom. The molecule has 5 aromatic carbocycles. The minimum atomic E-state index is -1.22. The summed E-state index contributed by atoms with van der Waals surface area (Å²) in [6.45, 7) is -0.317. The molecule has 7 nitrogen and oxygen atoms in total. The first-order valence-electron chi connectivity index (χ1n) is 15.4. The molecule has 6 rings (SSSR count). The molecule has 0 radical (unpaired) electrons. The summed E-state index contributed by atoms with van der Waals surface area (Å²) in [5.74, 6) is -1.86. The Morgan fingerprint density at radius 1 is 0.681 bits per heavy atom. The monoisotopic (exact) mass is 642 g/mol. The van der Waals surface area contributed by atoms with Crippen molar-refractivity contribution < 1.29 is 24.2 Å². The fourth-order valence-corrected chi connectivity index (χ4v) is 7.75. The standard InChI is InChI=1S/C39H34N2O5S/c42-36(24-40-38(45)46-25-34-32-22-12-10-20-30(32)31-21-11-13-23-33(31)34)41-35(37(43)44)26-47-39(27-14-4-1-5-15-27,28-16-6-2-7-17-28)29-18-8-3-9-19-29/h1-23,34-35H,24-26H2,(H,40,45)(H,41,42)(H,43,44)/t35-/m0/s1. The second kappa shape index (κ2) is 14.4. The maximum absolute atomic E-state index is 12.9. The van der Waals surface area contributed by atoms with E-state index in [-0.39, 0.29) is 18.3 Å². The van der Waals surface area contributed by atoms with E-state index in [2.05, 4.69) is 22.8 Å². The third-order valence-electron chi connectivity index (χ3n) is 8.38. The lowest BCUT2D eigenvalue weighted by atomic mass is 9.84. The summed E-state index contributed by atoms with van der Waals surface area (Å²) in [6.07, 6.45) is -0.750. The molecule has 0 heterocycles. The number of ether oxygens (including phenoxy) is 1. The number of carbonyl (C=O) groups is 3. The van der Waals surface area contributed by atoms with E-state index in [9.17, 15) is 19.5 Å². The van der Waals surface area contributed by atoms with Crippen molar-refractivity contribution in [3.63, 3.8) is 0 Å². The normalized spacial score (nSPS) is 12.8. The number of thioether (sulfide) groups is 1. The molecule has 0 saturated carbocycles. The van der Waals surface area contributed by atoms with Crippen LogP contribution >= 0.6 is 11.8 Å². The lowest BCUT2D eigenvalue weighted by Gasteiger charge is -2.36. The molecule has 5 aromatic rings. The highest BCUT2D eigenvalue weighted by molar-refractivity contribution is 8.00. The molecule has 0 saturated heterocycles. The van der Waals surface area contributed by atoms with Crippen LogP contribution in [0.1, 0.15) is 33.7 Å². The summed E-state index contributed by atoms with van der Waals surface area (Å²) in [7, 11) is 0. The van der Waals surface area contributed by atoms with Gasteiger partial charge in [-0.25, -0.2) is 9.59 Å². The molecule has 1 aliphatic carbocycles. The van der Waals surface area contributed by atoms with Gasteiger partial charge >= 0.3 is 12.1 Å². The van der Waals surface area contributed by atoms with Crippen molar-refractivity contribution in [2.24, 2.45) is 0 Å². The average Bonchev–Trinajstić information content (AvgIpc) is 3.44. The van der Waals surface area contributed by atoms with Gasteiger partial charge in [-0.05, 0) is 38.9 Å². The Morgan fingerprint density at radius 2 is 1.13 bits per heavy atom. The number of carboxylic acids is 1. The number of fused-ring (bicyclic) bond motifs is 3. The number of carbonyl (C=O) groups excluding carboxylic acids is 2. The van der Waals surface area contributed by atoms with Crippen LogP contribution in [-0.4, -0.2) is 48.0 Å². The molecule has 3 N–H and O–H groups in total. The number of aliphatic carboxylic acids is 1. The second-order valence-corrected chi connectivity index (χ2v) is 12.5. The number of benzene rings is 5. The first kappa shape index (κ1) is 31.6. The van der Waals surface area contributed by atoms with Gasteiger partial charge in [0, 0.05) is 11.7 Å². The molecule has 8 heteroatoms. The summed E-state index contributed by atoms with van der Waals surface area (Å²) in [6, 6.07) is 44.6. The zero-order chi connectivity index (χ0) is 32.6. The Kier molecular flexibility index (Phi) is 9.69. The Balaban J connectivity index is 1.11. The van der Waals surface area contributed by atoms with Gasteiger partial charge in [-0.3, -0.25) is 4.79 Å². The molecule has 1 atom stereocenters. The molecule has 0 fully saturated rings. The fourth-order valence-electron chi connectivity index (χ4n) is 6.20. The van der Waals surface area contributed by atoms with Gasteiger partial charge < -0.3 is 20.5 Å². The number of rotatable bonds is 12. The summed E-state index contributed by atoms with van der Waals surface area (Å²) in [5, 5.41) is 15.2. The van der Waals surface area contributed by atoms with E-state index in [1.54, 1.807) is 0 Å². The van der Waals surface area contributed by atoms with Crippen LogP contribution in [0.15, 0.2) is 140 Å². The lowest BCUT2D eigenvalue weighted by molar-refractivity contribution is -0.140. The largest absolute Gasteiger partial charge is 0.480 e. The van der Waals surface area contributed by atoms with E-state index in [0.29, 0.717) is 0 Å². The van der Waals surface area contributed by atoms with E-state index in [1.165, 1.54) is 11.8 Å². The van der Waals surface area contributed by atoms with Crippen molar-refractivity contribution in [3.05, 3.63) is 167 Å². The highest BCUT2D eigenvalue weighted by Crippen LogP contribution is 2.48. The van der Waals surface area contributed by atoms with Crippen molar-refractivity contribution in [2.75, 3.05) is 18.9 Å². The van der Waals surface area contributed by atoms with Gasteiger partial charge in [0.2, 0.25) is 5.91 Å². The third kappa shape index (κ3) is 6.78. The van der Waals surface area contributed by atoms with E-state index in [1.807, 2.05) is 127 Å². The Bertz CT molecular complexity index is 1710. The molecule has 0 bridgehead atoms. The molecular formula is C39H34N2O5S. The lowest BCUT2D eigenvalue weighted by Crippen LogP contribution is -2.47. The van der Waals surface area contributed by atoms with Crippen molar-refractivity contribution in [2.45, 2.75) is 16.7 Å². The van der Waals surface area contributed by atoms with Crippen LogP contribution in [-0.2, 0) is 19.1 Å². The number of amides is 2. The quantitative estimate of drug-likeness (QED) is 0.129. The molecule has 0 aliphatic heterocycles. The van der Waals surface area contributed by atoms with Crippen molar-refractivity contribution in [3.8, 4) is 11.1 Å². The SMILES string of the molecule is O=C(CNC(=O)OCC1c2ccccc2-c2ccccc21)N[C@@H](CSC(c1ccccc1)(c1ccccc1)c1ccccc1)C(=O)O. The smallest absolute Gasteiger partial charge is 0.407 e. The van der Waals surface area contributed by atoms with Crippen LogP contribution < -0.4 is 10.6 Å². The molecule has 0 aromatic heterocycles. The van der Waals surface area contributed by atoms with Gasteiger partial charge in [0.05, 0.1) is 4.75 Å². The van der Waals surface area contributed by atoms with Gasteiger partial charge in [0.15, 0.2) is 0 Å². The summed E-state index contributed by atoms with van der Waals surface area (Å²) < 4.78 is 4.78. The van der Waals surface area contributed by atoms with Gasteiger partial charge in [-0.1, -0.05) is 140 Å². The topological polar surface area (TPSA) is 105 Å². The molecule has 0 spiro atoms. The minimum absolute atomic E-state index is 0.0602. The first-order chi connectivity index (χ1) is 23.0. The number of hydrogen-bond acceptors (Lipinski definition) is 5. The van der Waals surface area contributed by atoms with Gasteiger partial charge in [-0.15, -0.1) is 11.8 Å². The maximum atomic E-state index is 12.9. The van der Waals surface area contributed by atoms with Crippen LogP contribution in [0.3, 0.4) is 0 Å². The van der Waals surface area contributed by atoms with Crippen LogP contribution in [0, 0.1) is 0 Å². The molecule has 47 heavy (non-hydrogen) atoms. The van der Waals surface area contributed by atoms with Crippen LogP contribution in [0.2, 0.25) is 0 Å². The summed E-state index contributed by atoms with van der Waals surface area (Å²) in [4.78, 5) is 38.0. The summed E-state index contributed by atoms with van der Waals surface area (Å²) in [5.41, 5.74) is 7.34. The first-order valence-corrected chi connectivity index (χ1v) is 16.4. The minimum Gasteiger partial charge on any atom is -0.480 e. The fraction of sp³-hybridized carbons (Fsp3) is 0.154. The third-order valence-corrected chi connectivity index (χ3v) is 10.0. The van der Waals surface area contributed by atoms with Gasteiger partial charge in [0.25, 0.3) is 0 Å². The van der Waals surface area contributed by atoms with E-state index < -0.39 is 35.3 Å². The van der Waals surface area contributed by atoms with Crippen LogP contribution in [0.4, 0.5) is 4.79 Å². The van der Waals surface area contributed by atoms with Crippen LogP contribution in [0.5, 0.6) is 0 Å². The molecule has 236 valence electrons. The van der Waals surface area contributed by atoms with Gasteiger partial charge in [-0.2, -0.15) is 0 Å². The summed E-state index contributed by atoms with van der Waals surface area (Å²) >= 11 is 1.43. The van der Waals surface area contributed by atoms with E-state index in [4.69, 9.17) is 4.74 Å². The number of hydrogen-bond donors (Lipinski definition) is 3. The number of carboxylic acid groups (broad SMARTS) is 1. The predicted octanol–water partition coefficient (Wildman–Crippen LogP) is 6.82. The van der Waals surface area contributed by atoms with Crippen LogP contribution in [0.25, 0.3) is 11.1 Å². The molecular weight excluding hydrogens is 609 g/mol. The van der Waals surface area contributed by atoms with Crippen molar-refractivity contribution in [1.29, 1.82) is 0 Å². The van der Waals surface area contributed by atoms with Crippen molar-refractivity contribution in [1.82, 2.24) is 10.6 Å². The predicted molar refractivity (Wildman–Crippen MR) is 184 cm³/mol. The zero-order valence-electron chi connectivity index (χ0n) is 25.5. The number of alkyl carbamates (subject to hydrolysis) is 1. The maximum Gasteiger partial charge on any atom is 0.407 e. The highest BCUT2D eigenvalue weighted by atomic mass is 32.2.